The zero-order valence-corrected chi connectivity index (χ0v) is 18.8. The Morgan fingerprint density at radius 1 is 0.818 bits per heavy atom. The van der Waals surface area contributed by atoms with Gasteiger partial charge in [0, 0.05) is 49.7 Å². The molecule has 0 saturated heterocycles. The number of para-hydroxylation sites is 2. The second-order valence-corrected chi connectivity index (χ2v) is 8.84. The van der Waals surface area contributed by atoms with Crippen LogP contribution in [0.25, 0.3) is 21.8 Å². The van der Waals surface area contributed by atoms with Gasteiger partial charge in [0.25, 0.3) is 0 Å². The Hall–Kier alpha value is -3.25. The smallest absolute Gasteiger partial charge is 0.225 e. The van der Waals surface area contributed by atoms with E-state index in [0.29, 0.717) is 12.1 Å². The van der Waals surface area contributed by atoms with Crippen molar-refractivity contribution in [2.24, 2.45) is 0 Å². The summed E-state index contributed by atoms with van der Waals surface area (Å²) in [6, 6.07) is 19.6. The van der Waals surface area contributed by atoms with Crippen LogP contribution in [0.5, 0.6) is 0 Å². The van der Waals surface area contributed by atoms with Gasteiger partial charge in [0.2, 0.25) is 5.95 Å². The Balaban J connectivity index is 0.00000259. The van der Waals surface area contributed by atoms with Crippen molar-refractivity contribution in [3.8, 4) is 0 Å². The fourth-order valence-electron chi connectivity index (χ4n) is 4.65. The maximum Gasteiger partial charge on any atom is 0.225 e. The number of fused-ring (bicyclic) bond motifs is 2. The van der Waals surface area contributed by atoms with Crippen molar-refractivity contribution in [2.75, 3.05) is 24.3 Å². The quantitative estimate of drug-likeness (QED) is 0.417. The predicted octanol–water partition coefficient (Wildman–Crippen LogP) is 5.39. The number of anilines is 2. The molecule has 0 radical (unpaired) electrons. The monoisotopic (exact) mass is 442 g/mol. The molecule has 0 spiro atoms. The van der Waals surface area contributed by atoms with Crippen LogP contribution in [0.3, 0.4) is 0 Å². The normalized spacial score (nSPS) is 18.1. The highest BCUT2D eigenvalue weighted by atomic mass is 15.2. The fourth-order valence-corrected chi connectivity index (χ4v) is 4.65. The van der Waals surface area contributed by atoms with Gasteiger partial charge in [-0.3, -0.25) is 4.98 Å². The Labute approximate surface area is 196 Å². The third kappa shape index (κ3) is 5.06. The molecule has 33 heavy (non-hydrogen) atoms. The zero-order valence-electron chi connectivity index (χ0n) is 18.8. The van der Waals surface area contributed by atoms with Crippen LogP contribution in [0, 0.1) is 0 Å². The average molecular weight is 443 g/mol. The van der Waals surface area contributed by atoms with Crippen LogP contribution in [0.1, 0.15) is 38.7 Å². The first kappa shape index (κ1) is 22.9. The van der Waals surface area contributed by atoms with Gasteiger partial charge in [0.15, 0.2) is 0 Å². The van der Waals surface area contributed by atoms with E-state index in [1.807, 2.05) is 38.5 Å². The molecule has 2 N–H and O–H groups in total. The van der Waals surface area contributed by atoms with Crippen LogP contribution in [0.4, 0.5) is 11.8 Å². The van der Waals surface area contributed by atoms with Crippen molar-refractivity contribution < 1.29 is 0 Å². The van der Waals surface area contributed by atoms with Gasteiger partial charge < -0.3 is 15.5 Å². The molecule has 4 aromatic rings. The lowest BCUT2D eigenvalue weighted by atomic mass is 9.91. The minimum Gasteiger partial charge on any atom is -0.362 e. The van der Waals surface area contributed by atoms with E-state index in [9.17, 15) is 0 Å². The molecule has 2 heterocycles. The maximum absolute atomic E-state index is 4.80. The lowest BCUT2D eigenvalue weighted by Crippen LogP contribution is -2.37. The highest BCUT2D eigenvalue weighted by Crippen LogP contribution is 2.26. The van der Waals surface area contributed by atoms with E-state index in [1.54, 1.807) is 0 Å². The number of hydrogen-bond donors (Lipinski definition) is 2. The van der Waals surface area contributed by atoms with Gasteiger partial charge in [-0.1, -0.05) is 37.8 Å². The summed E-state index contributed by atoms with van der Waals surface area (Å²) in [6.07, 6.45) is 6.43. The Morgan fingerprint density at radius 3 is 2.24 bits per heavy atom. The predicted molar refractivity (Wildman–Crippen MR) is 139 cm³/mol. The molecule has 0 amide bonds. The first-order valence-corrected chi connectivity index (χ1v) is 11.4. The molecule has 1 fully saturated rings. The number of nitrogens with one attached hydrogen (secondary N) is 2. The summed E-state index contributed by atoms with van der Waals surface area (Å²) in [5, 5.41) is 9.69. The van der Waals surface area contributed by atoms with E-state index in [0.717, 1.165) is 60.4 Å². The molecule has 172 valence electrons. The summed E-state index contributed by atoms with van der Waals surface area (Å²) in [6.45, 7) is 0.881. The molecule has 0 aliphatic heterocycles. The SMILES string of the molecule is C.CN(C)c1nc(NC2CCC(NCc3ccnc4ccccc34)CC2)nc2ccccc12. The summed E-state index contributed by atoms with van der Waals surface area (Å²) < 4.78 is 0. The van der Waals surface area contributed by atoms with E-state index in [4.69, 9.17) is 9.97 Å². The number of aromatic nitrogens is 3. The summed E-state index contributed by atoms with van der Waals surface area (Å²) in [7, 11) is 4.06. The van der Waals surface area contributed by atoms with Gasteiger partial charge in [-0.25, -0.2) is 4.98 Å². The van der Waals surface area contributed by atoms with Crippen LogP contribution in [-0.2, 0) is 6.54 Å². The largest absolute Gasteiger partial charge is 0.362 e. The van der Waals surface area contributed by atoms with E-state index in [2.05, 4.69) is 56.9 Å². The van der Waals surface area contributed by atoms with Crippen LogP contribution < -0.4 is 15.5 Å². The molecule has 5 rings (SSSR count). The molecule has 1 aliphatic rings. The van der Waals surface area contributed by atoms with Crippen molar-refractivity contribution in [2.45, 2.75) is 51.7 Å². The van der Waals surface area contributed by atoms with Gasteiger partial charge >= 0.3 is 0 Å². The zero-order chi connectivity index (χ0) is 21.9. The molecule has 2 aromatic carbocycles. The molecule has 2 aromatic heterocycles. The molecule has 0 atom stereocenters. The van der Waals surface area contributed by atoms with E-state index < -0.39 is 0 Å². The standard InChI is InChI=1S/C26H30N6.CH4/c1-32(2)25-22-8-4-6-10-24(22)30-26(31-25)29-20-13-11-19(12-14-20)28-17-18-15-16-27-23-9-5-3-7-21(18)23;/h3-10,15-16,19-20,28H,11-14,17H2,1-2H3,(H,29,30,31);1H4. The third-order valence-corrected chi connectivity index (χ3v) is 6.39. The lowest BCUT2D eigenvalue weighted by Gasteiger charge is -2.30. The van der Waals surface area contributed by atoms with Crippen molar-refractivity contribution >= 4 is 33.6 Å². The minimum atomic E-state index is 0. The lowest BCUT2D eigenvalue weighted by molar-refractivity contribution is 0.352. The Bertz CT molecular complexity index is 1210. The van der Waals surface area contributed by atoms with Crippen LogP contribution in [0.15, 0.2) is 60.8 Å². The van der Waals surface area contributed by atoms with Crippen LogP contribution >= 0.6 is 0 Å². The summed E-state index contributed by atoms with van der Waals surface area (Å²) >= 11 is 0. The number of nitrogens with zero attached hydrogens (tertiary/aromatic N) is 4. The number of benzene rings is 2. The van der Waals surface area contributed by atoms with E-state index in [1.165, 1.54) is 10.9 Å². The van der Waals surface area contributed by atoms with Gasteiger partial charge in [0.05, 0.1) is 11.0 Å². The highest BCUT2D eigenvalue weighted by Gasteiger charge is 2.22. The van der Waals surface area contributed by atoms with E-state index >= 15 is 0 Å². The van der Waals surface area contributed by atoms with Gasteiger partial charge in [-0.05, 0) is 55.5 Å². The maximum atomic E-state index is 4.80. The number of pyridine rings is 1. The van der Waals surface area contributed by atoms with Crippen LogP contribution in [-0.4, -0.2) is 41.1 Å². The Morgan fingerprint density at radius 2 is 1.48 bits per heavy atom. The van der Waals surface area contributed by atoms with Crippen LogP contribution in [0.2, 0.25) is 0 Å². The molecule has 0 bridgehead atoms. The number of rotatable bonds is 6. The van der Waals surface area contributed by atoms with Gasteiger partial charge in [0.1, 0.15) is 5.82 Å². The molecular formula is C27H34N6. The summed E-state index contributed by atoms with van der Waals surface area (Å²) in [4.78, 5) is 16.1. The fraction of sp³-hybridized carbons (Fsp3) is 0.370. The van der Waals surface area contributed by atoms with Gasteiger partial charge in [-0.2, -0.15) is 4.98 Å². The number of hydrogen-bond acceptors (Lipinski definition) is 6. The topological polar surface area (TPSA) is 66.0 Å². The molecule has 6 nitrogen and oxygen atoms in total. The van der Waals surface area contributed by atoms with Crippen molar-refractivity contribution in [1.29, 1.82) is 0 Å². The highest BCUT2D eigenvalue weighted by molar-refractivity contribution is 5.90. The third-order valence-electron chi connectivity index (χ3n) is 6.39. The molecule has 1 saturated carbocycles. The second kappa shape index (κ2) is 10.1. The van der Waals surface area contributed by atoms with E-state index in [-0.39, 0.29) is 7.43 Å². The summed E-state index contributed by atoms with van der Waals surface area (Å²) in [5.41, 5.74) is 3.36. The molecule has 6 heteroatoms. The van der Waals surface area contributed by atoms with Crippen molar-refractivity contribution in [3.05, 3.63) is 66.4 Å². The van der Waals surface area contributed by atoms with Gasteiger partial charge in [-0.15, -0.1) is 0 Å². The van der Waals surface area contributed by atoms with Crippen molar-refractivity contribution in [1.82, 2.24) is 20.3 Å². The first-order chi connectivity index (χ1) is 15.7. The Kier molecular flexibility index (Phi) is 7.04. The van der Waals surface area contributed by atoms with Crippen molar-refractivity contribution in [3.63, 3.8) is 0 Å². The average Bonchev–Trinajstić information content (AvgIpc) is 2.83. The molecule has 1 aliphatic carbocycles. The molecule has 0 unspecified atom stereocenters. The second-order valence-electron chi connectivity index (χ2n) is 8.84. The molecular weight excluding hydrogens is 408 g/mol. The first-order valence-electron chi connectivity index (χ1n) is 11.4. The minimum absolute atomic E-state index is 0. The summed E-state index contributed by atoms with van der Waals surface area (Å²) in [5.74, 6) is 1.69.